The second kappa shape index (κ2) is 10.4. The van der Waals surface area contributed by atoms with Crippen LogP contribution in [0.4, 0.5) is 5.69 Å². The molecule has 0 atom stereocenters. The predicted molar refractivity (Wildman–Crippen MR) is 132 cm³/mol. The maximum atomic E-state index is 13.2. The number of hydrogen-bond donors (Lipinski definition) is 0. The summed E-state index contributed by atoms with van der Waals surface area (Å²) in [6.45, 7) is 0. The van der Waals surface area contributed by atoms with Gasteiger partial charge in [0, 0.05) is 36.1 Å². The minimum Gasteiger partial charge on any atom is -0.378 e. The first-order chi connectivity index (χ1) is 14.3. The molecule has 3 aromatic carbocycles. The van der Waals surface area contributed by atoms with Crippen molar-refractivity contribution < 1.29 is 4.79 Å². The molecule has 30 heavy (non-hydrogen) atoms. The lowest BCUT2D eigenvalue weighted by atomic mass is 10.1. The van der Waals surface area contributed by atoms with E-state index < -0.39 is 0 Å². The summed E-state index contributed by atoms with van der Waals surface area (Å²) >= 11 is 19.6. The number of ketones is 1. The molecule has 0 saturated carbocycles. The molecule has 154 valence electrons. The lowest BCUT2D eigenvalue weighted by Gasteiger charge is -2.12. The molecule has 0 heterocycles. The molecule has 0 aliphatic heterocycles. The number of Topliss-reactive ketones (excluding diaryl/α,β-unsaturated/α-hetero) is 1. The first-order valence-corrected chi connectivity index (χ1v) is 11.3. The Hall–Kier alpha value is -1.91. The van der Waals surface area contributed by atoms with Gasteiger partial charge in [-0.05, 0) is 65.7 Å². The number of thioether (sulfide) groups is 1. The second-order valence-electron chi connectivity index (χ2n) is 6.87. The highest BCUT2D eigenvalue weighted by molar-refractivity contribution is 8.03. The first-order valence-electron chi connectivity index (χ1n) is 9.19. The third kappa shape index (κ3) is 6.05. The molecule has 0 aromatic heterocycles. The van der Waals surface area contributed by atoms with Gasteiger partial charge in [0.25, 0.3) is 0 Å². The van der Waals surface area contributed by atoms with Gasteiger partial charge in [0.15, 0.2) is 5.78 Å². The molecule has 0 radical (unpaired) electrons. The van der Waals surface area contributed by atoms with Crippen LogP contribution >= 0.6 is 46.6 Å². The molecule has 0 saturated heterocycles. The van der Waals surface area contributed by atoms with Crippen LogP contribution in [-0.2, 0) is 5.75 Å². The first kappa shape index (κ1) is 22.8. The zero-order chi connectivity index (χ0) is 21.7. The Labute approximate surface area is 196 Å². The summed E-state index contributed by atoms with van der Waals surface area (Å²) in [6, 6.07) is 20.5. The topological polar surface area (TPSA) is 20.3 Å². The number of allylic oxidation sites excluding steroid dienone is 1. The third-order valence-electron chi connectivity index (χ3n) is 4.42. The summed E-state index contributed by atoms with van der Waals surface area (Å²) in [7, 11) is 3.99. The van der Waals surface area contributed by atoms with Gasteiger partial charge in [0.05, 0.1) is 15.0 Å². The Morgan fingerprint density at radius 2 is 1.57 bits per heavy atom. The van der Waals surface area contributed by atoms with Gasteiger partial charge in [0.1, 0.15) is 0 Å². The van der Waals surface area contributed by atoms with E-state index >= 15 is 0 Å². The van der Waals surface area contributed by atoms with E-state index in [0.29, 0.717) is 31.3 Å². The van der Waals surface area contributed by atoms with Crippen LogP contribution in [0.3, 0.4) is 0 Å². The Balaban J connectivity index is 1.89. The summed E-state index contributed by atoms with van der Waals surface area (Å²) in [5.41, 5.74) is 3.64. The second-order valence-corrected chi connectivity index (χ2v) is 9.14. The lowest BCUT2D eigenvalue weighted by Crippen LogP contribution is -2.08. The largest absolute Gasteiger partial charge is 0.378 e. The van der Waals surface area contributed by atoms with Gasteiger partial charge >= 0.3 is 0 Å². The van der Waals surface area contributed by atoms with E-state index in [-0.39, 0.29) is 5.78 Å². The molecule has 0 fully saturated rings. The van der Waals surface area contributed by atoms with E-state index in [1.807, 2.05) is 61.5 Å². The molecule has 0 bridgehead atoms. The molecular formula is C24H20Cl3NOS. The van der Waals surface area contributed by atoms with Crippen LogP contribution in [0.2, 0.25) is 15.1 Å². The van der Waals surface area contributed by atoms with Crippen LogP contribution in [-0.4, -0.2) is 19.9 Å². The molecule has 0 N–H and O–H groups in total. The minimum absolute atomic E-state index is 0.0478. The summed E-state index contributed by atoms with van der Waals surface area (Å²) in [4.78, 5) is 15.9. The van der Waals surface area contributed by atoms with Crippen LogP contribution in [0.15, 0.2) is 71.6 Å². The van der Waals surface area contributed by atoms with Crippen molar-refractivity contribution in [1.29, 1.82) is 0 Å². The SMILES string of the molecule is CN(C)c1ccc(/C=C(/SCc2ccc(Cl)c(Cl)c2)C(=O)c2ccc(Cl)cc2)cc1. The molecule has 0 unspecified atom stereocenters. The number of benzene rings is 3. The number of halogens is 3. The molecule has 0 aliphatic carbocycles. The average Bonchev–Trinajstić information content (AvgIpc) is 2.74. The van der Waals surface area contributed by atoms with Gasteiger partial charge < -0.3 is 4.90 Å². The van der Waals surface area contributed by atoms with Gasteiger partial charge in [-0.2, -0.15) is 0 Å². The van der Waals surface area contributed by atoms with E-state index in [1.165, 1.54) is 11.8 Å². The summed E-state index contributed by atoms with van der Waals surface area (Å²) in [5, 5.41) is 1.61. The number of hydrogen-bond acceptors (Lipinski definition) is 3. The lowest BCUT2D eigenvalue weighted by molar-refractivity contribution is 0.104. The Bertz CT molecular complexity index is 1060. The van der Waals surface area contributed by atoms with Crippen molar-refractivity contribution in [2.45, 2.75) is 5.75 Å². The quantitative estimate of drug-likeness (QED) is 0.255. The fourth-order valence-corrected chi connectivity index (χ4v) is 4.14. The smallest absolute Gasteiger partial charge is 0.199 e. The van der Waals surface area contributed by atoms with Gasteiger partial charge in [-0.1, -0.05) is 53.0 Å². The zero-order valence-electron chi connectivity index (χ0n) is 16.5. The number of nitrogens with zero attached hydrogens (tertiary/aromatic N) is 1. The van der Waals surface area contributed by atoms with Crippen molar-refractivity contribution in [3.05, 3.63) is 103 Å². The van der Waals surface area contributed by atoms with Crippen LogP contribution in [0.5, 0.6) is 0 Å². The number of anilines is 1. The number of carbonyl (C=O) groups excluding carboxylic acids is 1. The Morgan fingerprint density at radius 3 is 2.17 bits per heavy atom. The minimum atomic E-state index is -0.0478. The molecule has 0 amide bonds. The fourth-order valence-electron chi connectivity index (χ4n) is 2.73. The maximum absolute atomic E-state index is 13.2. The van der Waals surface area contributed by atoms with E-state index in [1.54, 1.807) is 30.3 Å². The van der Waals surface area contributed by atoms with Crippen LogP contribution in [0, 0.1) is 0 Å². The van der Waals surface area contributed by atoms with Crippen LogP contribution < -0.4 is 4.90 Å². The van der Waals surface area contributed by atoms with Gasteiger partial charge in [-0.25, -0.2) is 0 Å². The van der Waals surface area contributed by atoms with Crippen molar-refractivity contribution in [2.75, 3.05) is 19.0 Å². The average molecular weight is 477 g/mol. The van der Waals surface area contributed by atoms with E-state index in [0.717, 1.165) is 16.8 Å². The van der Waals surface area contributed by atoms with E-state index in [4.69, 9.17) is 34.8 Å². The van der Waals surface area contributed by atoms with Gasteiger partial charge in [-0.3, -0.25) is 4.79 Å². The molecular weight excluding hydrogens is 457 g/mol. The fraction of sp³-hybridized carbons (Fsp3) is 0.125. The molecule has 3 rings (SSSR count). The van der Waals surface area contributed by atoms with E-state index in [2.05, 4.69) is 0 Å². The Kier molecular flexibility index (Phi) is 7.90. The summed E-state index contributed by atoms with van der Waals surface area (Å²) in [6.07, 6.45) is 1.92. The molecule has 0 spiro atoms. The molecule has 2 nitrogen and oxygen atoms in total. The molecule has 3 aromatic rings. The van der Waals surface area contributed by atoms with Crippen molar-refractivity contribution in [1.82, 2.24) is 0 Å². The van der Waals surface area contributed by atoms with Crippen LogP contribution in [0.1, 0.15) is 21.5 Å². The monoisotopic (exact) mass is 475 g/mol. The van der Waals surface area contributed by atoms with Crippen molar-refractivity contribution >= 4 is 64.1 Å². The zero-order valence-corrected chi connectivity index (χ0v) is 19.6. The number of carbonyl (C=O) groups is 1. The summed E-state index contributed by atoms with van der Waals surface area (Å²) < 4.78 is 0. The van der Waals surface area contributed by atoms with Crippen molar-refractivity contribution in [3.8, 4) is 0 Å². The van der Waals surface area contributed by atoms with Crippen molar-refractivity contribution in [3.63, 3.8) is 0 Å². The molecule has 6 heteroatoms. The number of rotatable bonds is 7. The van der Waals surface area contributed by atoms with Crippen LogP contribution in [0.25, 0.3) is 6.08 Å². The maximum Gasteiger partial charge on any atom is 0.199 e. The van der Waals surface area contributed by atoms with Gasteiger partial charge in [0.2, 0.25) is 0 Å². The van der Waals surface area contributed by atoms with Crippen molar-refractivity contribution in [2.24, 2.45) is 0 Å². The summed E-state index contributed by atoms with van der Waals surface area (Å²) in [5.74, 6) is 0.547. The predicted octanol–water partition coefficient (Wildman–Crippen LogP) is 7.87. The highest BCUT2D eigenvalue weighted by Gasteiger charge is 2.14. The molecule has 0 aliphatic rings. The van der Waals surface area contributed by atoms with E-state index in [9.17, 15) is 4.79 Å². The standard InChI is InChI=1S/C24H20Cl3NOS/c1-28(2)20-10-3-16(4-11-20)14-23(24(29)18-6-8-19(25)9-7-18)30-15-17-5-12-21(26)22(27)13-17/h3-14H,15H2,1-2H3/b23-14+. The third-order valence-corrected chi connectivity index (χ3v) is 6.50. The Morgan fingerprint density at radius 1 is 0.900 bits per heavy atom. The normalized spacial score (nSPS) is 11.4. The highest BCUT2D eigenvalue weighted by Crippen LogP contribution is 2.30. The highest BCUT2D eigenvalue weighted by atomic mass is 35.5. The van der Waals surface area contributed by atoms with Gasteiger partial charge in [-0.15, -0.1) is 11.8 Å².